The van der Waals surface area contributed by atoms with E-state index in [0.29, 0.717) is 5.75 Å². The molecule has 0 aliphatic heterocycles. The van der Waals surface area contributed by atoms with Crippen LogP contribution >= 0.6 is 23.4 Å². The summed E-state index contributed by atoms with van der Waals surface area (Å²) in [6.07, 6.45) is 0.962. The zero-order valence-electron chi connectivity index (χ0n) is 10.5. The highest BCUT2D eigenvalue weighted by Gasteiger charge is 2.01. The normalized spacial score (nSPS) is 10.3. The first-order valence-corrected chi connectivity index (χ1v) is 7.49. The van der Waals surface area contributed by atoms with Crippen LogP contribution in [0.5, 0.6) is 0 Å². The van der Waals surface area contributed by atoms with Crippen LogP contribution in [0.1, 0.15) is 12.0 Å². The number of carbonyl (C=O) groups is 1. The number of hydrogen-bond donors (Lipinski definition) is 2. The number of nitrogens with one attached hydrogen (secondary N) is 2. The predicted molar refractivity (Wildman–Crippen MR) is 79.2 cm³/mol. The molecule has 0 radical (unpaired) electrons. The van der Waals surface area contributed by atoms with Crippen LogP contribution < -0.4 is 10.6 Å². The number of carbonyl (C=O) groups excluding carboxylic acids is 1. The Labute approximate surface area is 118 Å². The summed E-state index contributed by atoms with van der Waals surface area (Å²) in [5.74, 6) is 1.44. The monoisotopic (exact) mass is 286 g/mol. The molecule has 5 heteroatoms. The summed E-state index contributed by atoms with van der Waals surface area (Å²) in [5.41, 5.74) is 1.19. The lowest BCUT2D eigenvalue weighted by molar-refractivity contribution is -0.118. The van der Waals surface area contributed by atoms with Gasteiger partial charge < -0.3 is 10.6 Å². The number of benzene rings is 1. The second-order valence-corrected chi connectivity index (χ2v) is 5.35. The molecule has 0 heterocycles. The zero-order valence-corrected chi connectivity index (χ0v) is 12.1. The summed E-state index contributed by atoms with van der Waals surface area (Å²) >= 11 is 7.42. The molecule has 0 spiro atoms. The molecule has 3 nitrogen and oxygen atoms in total. The van der Waals surface area contributed by atoms with E-state index in [9.17, 15) is 4.79 Å². The van der Waals surface area contributed by atoms with E-state index in [2.05, 4.69) is 10.6 Å². The van der Waals surface area contributed by atoms with E-state index in [1.165, 1.54) is 5.56 Å². The summed E-state index contributed by atoms with van der Waals surface area (Å²) in [5, 5.41) is 6.68. The van der Waals surface area contributed by atoms with Gasteiger partial charge in [0.25, 0.3) is 0 Å². The van der Waals surface area contributed by atoms with Crippen LogP contribution in [0.4, 0.5) is 0 Å². The molecule has 2 N–H and O–H groups in total. The Morgan fingerprint density at radius 3 is 2.67 bits per heavy atom. The van der Waals surface area contributed by atoms with Gasteiger partial charge in [0.05, 0.1) is 5.75 Å². The molecule has 1 aromatic carbocycles. The molecule has 18 heavy (non-hydrogen) atoms. The largest absolute Gasteiger partial charge is 0.355 e. The number of halogens is 1. The van der Waals surface area contributed by atoms with E-state index in [4.69, 9.17) is 11.6 Å². The molecule has 0 unspecified atom stereocenters. The molecule has 0 aliphatic rings. The SMILES string of the molecule is CNCCCNC(=O)CSCc1ccc(Cl)cc1. The van der Waals surface area contributed by atoms with Crippen molar-refractivity contribution < 1.29 is 4.79 Å². The molecule has 1 amide bonds. The summed E-state index contributed by atoms with van der Waals surface area (Å²) in [7, 11) is 1.91. The van der Waals surface area contributed by atoms with Crippen LogP contribution in [0.2, 0.25) is 5.02 Å². The van der Waals surface area contributed by atoms with Crippen molar-refractivity contribution in [3.05, 3.63) is 34.9 Å². The second kappa shape index (κ2) is 9.25. The standard InChI is InChI=1S/C13H19ClN2OS/c1-15-7-2-8-16-13(17)10-18-9-11-3-5-12(14)6-4-11/h3-6,15H,2,7-10H2,1H3,(H,16,17). The number of amides is 1. The molecule has 0 bridgehead atoms. The van der Waals surface area contributed by atoms with Gasteiger partial charge in [0.1, 0.15) is 0 Å². The van der Waals surface area contributed by atoms with Gasteiger partial charge in [-0.3, -0.25) is 4.79 Å². The molecular formula is C13H19ClN2OS. The number of thioether (sulfide) groups is 1. The predicted octanol–water partition coefficient (Wildman–Crippen LogP) is 2.30. The van der Waals surface area contributed by atoms with Crippen molar-refractivity contribution in [3.63, 3.8) is 0 Å². The first-order valence-electron chi connectivity index (χ1n) is 5.96. The quantitative estimate of drug-likeness (QED) is 0.721. The van der Waals surface area contributed by atoms with Crippen molar-refractivity contribution in [3.8, 4) is 0 Å². The molecule has 0 aromatic heterocycles. The highest BCUT2D eigenvalue weighted by atomic mass is 35.5. The topological polar surface area (TPSA) is 41.1 Å². The molecule has 0 saturated heterocycles. The average molecular weight is 287 g/mol. The zero-order chi connectivity index (χ0) is 13.2. The van der Waals surface area contributed by atoms with E-state index in [0.717, 1.165) is 30.3 Å². The van der Waals surface area contributed by atoms with Gasteiger partial charge in [-0.15, -0.1) is 11.8 Å². The Morgan fingerprint density at radius 1 is 1.28 bits per heavy atom. The lowest BCUT2D eigenvalue weighted by Crippen LogP contribution is -2.28. The molecule has 0 saturated carbocycles. The summed E-state index contributed by atoms with van der Waals surface area (Å²) < 4.78 is 0. The Bertz CT molecular complexity index is 357. The van der Waals surface area contributed by atoms with Crippen LogP contribution in [0.15, 0.2) is 24.3 Å². The maximum absolute atomic E-state index is 11.5. The van der Waals surface area contributed by atoms with Crippen molar-refractivity contribution in [2.75, 3.05) is 25.9 Å². The number of hydrogen-bond acceptors (Lipinski definition) is 3. The highest BCUT2D eigenvalue weighted by molar-refractivity contribution is 7.99. The van der Waals surface area contributed by atoms with Gasteiger partial charge in [-0.2, -0.15) is 0 Å². The molecule has 100 valence electrons. The highest BCUT2D eigenvalue weighted by Crippen LogP contribution is 2.15. The fourth-order valence-corrected chi connectivity index (χ4v) is 2.33. The van der Waals surface area contributed by atoms with Crippen molar-refractivity contribution in [1.82, 2.24) is 10.6 Å². The summed E-state index contributed by atoms with van der Waals surface area (Å²) in [4.78, 5) is 11.5. The van der Waals surface area contributed by atoms with Crippen LogP contribution in [0, 0.1) is 0 Å². The first-order chi connectivity index (χ1) is 8.72. The molecular weight excluding hydrogens is 268 g/mol. The van der Waals surface area contributed by atoms with E-state index < -0.39 is 0 Å². The van der Waals surface area contributed by atoms with E-state index in [1.54, 1.807) is 11.8 Å². The maximum atomic E-state index is 11.5. The van der Waals surface area contributed by atoms with Gasteiger partial charge in [0.2, 0.25) is 5.91 Å². The van der Waals surface area contributed by atoms with Crippen LogP contribution in [0.25, 0.3) is 0 Å². The van der Waals surface area contributed by atoms with Gasteiger partial charge in [0, 0.05) is 17.3 Å². The van der Waals surface area contributed by atoms with Crippen LogP contribution in [0.3, 0.4) is 0 Å². The summed E-state index contributed by atoms with van der Waals surface area (Å²) in [6, 6.07) is 7.71. The summed E-state index contributed by atoms with van der Waals surface area (Å²) in [6.45, 7) is 1.67. The third kappa shape index (κ3) is 6.89. The third-order valence-electron chi connectivity index (χ3n) is 2.34. The average Bonchev–Trinajstić information content (AvgIpc) is 2.37. The van der Waals surface area contributed by atoms with E-state index in [-0.39, 0.29) is 5.91 Å². The van der Waals surface area contributed by atoms with Gasteiger partial charge >= 0.3 is 0 Å². The van der Waals surface area contributed by atoms with Crippen molar-refractivity contribution in [2.45, 2.75) is 12.2 Å². The third-order valence-corrected chi connectivity index (χ3v) is 3.60. The molecule has 1 aromatic rings. The minimum absolute atomic E-state index is 0.102. The van der Waals surface area contributed by atoms with Gasteiger partial charge in [-0.25, -0.2) is 0 Å². The van der Waals surface area contributed by atoms with Crippen molar-refractivity contribution >= 4 is 29.3 Å². The van der Waals surface area contributed by atoms with Crippen molar-refractivity contribution in [1.29, 1.82) is 0 Å². The Morgan fingerprint density at radius 2 is 2.00 bits per heavy atom. The molecule has 0 fully saturated rings. The Kier molecular flexibility index (Phi) is 7.89. The lowest BCUT2D eigenvalue weighted by atomic mass is 10.2. The lowest BCUT2D eigenvalue weighted by Gasteiger charge is -2.05. The Balaban J connectivity index is 2.10. The first kappa shape index (κ1) is 15.3. The van der Waals surface area contributed by atoms with Gasteiger partial charge in [-0.05, 0) is 37.7 Å². The minimum Gasteiger partial charge on any atom is -0.355 e. The fraction of sp³-hybridized carbons (Fsp3) is 0.462. The molecule has 0 aliphatic carbocycles. The molecule has 0 atom stereocenters. The Hall–Kier alpha value is -0.710. The second-order valence-electron chi connectivity index (χ2n) is 3.93. The fourth-order valence-electron chi connectivity index (χ4n) is 1.39. The van der Waals surface area contributed by atoms with Gasteiger partial charge in [0.15, 0.2) is 0 Å². The van der Waals surface area contributed by atoms with Gasteiger partial charge in [-0.1, -0.05) is 23.7 Å². The number of rotatable bonds is 8. The smallest absolute Gasteiger partial charge is 0.230 e. The maximum Gasteiger partial charge on any atom is 0.230 e. The molecule has 1 rings (SSSR count). The minimum atomic E-state index is 0.102. The van der Waals surface area contributed by atoms with Crippen LogP contribution in [-0.2, 0) is 10.5 Å². The van der Waals surface area contributed by atoms with E-state index >= 15 is 0 Å². The van der Waals surface area contributed by atoms with Crippen LogP contribution in [-0.4, -0.2) is 31.8 Å². The van der Waals surface area contributed by atoms with Crippen molar-refractivity contribution in [2.24, 2.45) is 0 Å². The van der Waals surface area contributed by atoms with E-state index in [1.807, 2.05) is 31.3 Å².